The number of fused-ring (bicyclic) bond motifs is 1. The minimum Gasteiger partial charge on any atom is -0.368 e. The van der Waals surface area contributed by atoms with E-state index in [1.54, 1.807) is 11.3 Å². The summed E-state index contributed by atoms with van der Waals surface area (Å²) >= 11 is 5.07. The SMILES string of the molecule is O=C(Nc1nc2c(s1)CN(Cc1ccc(Br)cc1)CC2)C1CCCO1. The highest BCUT2D eigenvalue weighted by molar-refractivity contribution is 9.10. The largest absolute Gasteiger partial charge is 0.368 e. The number of hydrogen-bond donors (Lipinski definition) is 1. The van der Waals surface area contributed by atoms with Crippen LogP contribution in [0.1, 0.15) is 29.0 Å². The van der Waals surface area contributed by atoms with Crippen molar-refractivity contribution in [3.05, 3.63) is 44.9 Å². The molecule has 1 saturated heterocycles. The predicted octanol–water partition coefficient (Wildman–Crippen LogP) is 3.58. The van der Waals surface area contributed by atoms with Gasteiger partial charge in [-0.25, -0.2) is 4.98 Å². The zero-order chi connectivity index (χ0) is 17.2. The first-order valence-corrected chi connectivity index (χ1v) is 10.2. The molecular formula is C18H20BrN3O2S. The van der Waals surface area contributed by atoms with E-state index in [0.717, 1.165) is 49.1 Å². The van der Waals surface area contributed by atoms with E-state index in [2.05, 4.69) is 55.4 Å². The van der Waals surface area contributed by atoms with E-state index < -0.39 is 0 Å². The van der Waals surface area contributed by atoms with Crippen molar-refractivity contribution in [3.63, 3.8) is 0 Å². The quantitative estimate of drug-likeness (QED) is 0.819. The van der Waals surface area contributed by atoms with E-state index in [4.69, 9.17) is 4.74 Å². The zero-order valence-corrected chi connectivity index (χ0v) is 16.2. The molecule has 25 heavy (non-hydrogen) atoms. The first-order valence-electron chi connectivity index (χ1n) is 8.55. The number of aromatic nitrogens is 1. The Morgan fingerprint density at radius 1 is 1.40 bits per heavy atom. The monoisotopic (exact) mass is 421 g/mol. The molecule has 3 heterocycles. The van der Waals surface area contributed by atoms with Gasteiger partial charge in [0.1, 0.15) is 6.10 Å². The molecule has 2 aliphatic rings. The highest BCUT2D eigenvalue weighted by atomic mass is 79.9. The third kappa shape index (κ3) is 4.11. The Hall–Kier alpha value is -1.28. The number of carbonyl (C=O) groups is 1. The van der Waals surface area contributed by atoms with E-state index in [0.29, 0.717) is 11.7 Å². The van der Waals surface area contributed by atoms with Crippen LogP contribution in [0.25, 0.3) is 0 Å². The lowest BCUT2D eigenvalue weighted by atomic mass is 10.1. The van der Waals surface area contributed by atoms with Crippen molar-refractivity contribution in [1.82, 2.24) is 9.88 Å². The summed E-state index contributed by atoms with van der Waals surface area (Å²) in [5, 5.41) is 3.64. The molecule has 2 aromatic rings. The van der Waals surface area contributed by atoms with Crippen LogP contribution in [0.5, 0.6) is 0 Å². The van der Waals surface area contributed by atoms with Crippen LogP contribution in [0.15, 0.2) is 28.7 Å². The molecule has 1 amide bonds. The fraction of sp³-hybridized carbons (Fsp3) is 0.444. The molecule has 5 nitrogen and oxygen atoms in total. The Bertz CT molecular complexity index is 756. The minimum absolute atomic E-state index is 0.0599. The maximum atomic E-state index is 12.2. The van der Waals surface area contributed by atoms with Crippen LogP contribution in [0.2, 0.25) is 0 Å². The van der Waals surface area contributed by atoms with Gasteiger partial charge >= 0.3 is 0 Å². The highest BCUT2D eigenvalue weighted by Crippen LogP contribution is 2.29. The number of ether oxygens (including phenoxy) is 1. The van der Waals surface area contributed by atoms with Crippen molar-refractivity contribution in [3.8, 4) is 0 Å². The van der Waals surface area contributed by atoms with Gasteiger partial charge in [-0.3, -0.25) is 15.0 Å². The van der Waals surface area contributed by atoms with Crippen LogP contribution in [0, 0.1) is 0 Å². The molecule has 0 radical (unpaired) electrons. The molecule has 1 aromatic heterocycles. The number of rotatable bonds is 4. The minimum atomic E-state index is -0.310. The molecule has 1 atom stereocenters. The molecule has 0 bridgehead atoms. The number of anilines is 1. The van der Waals surface area contributed by atoms with Crippen LogP contribution in [-0.4, -0.2) is 35.0 Å². The zero-order valence-electron chi connectivity index (χ0n) is 13.8. The number of halogens is 1. The molecule has 1 N–H and O–H groups in total. The molecule has 0 aliphatic carbocycles. The number of carbonyl (C=O) groups excluding carboxylic acids is 1. The summed E-state index contributed by atoms with van der Waals surface area (Å²) in [7, 11) is 0. The standard InChI is InChI=1S/C18H20BrN3O2S/c19-13-5-3-12(4-6-13)10-22-8-7-14-16(11-22)25-18(20-14)21-17(23)15-2-1-9-24-15/h3-6,15H,1-2,7-11H2,(H,20,21,23). The summed E-state index contributed by atoms with van der Waals surface area (Å²) in [4.78, 5) is 20.5. The predicted molar refractivity (Wildman–Crippen MR) is 102 cm³/mol. The molecule has 132 valence electrons. The number of hydrogen-bond acceptors (Lipinski definition) is 5. The second-order valence-electron chi connectivity index (χ2n) is 6.47. The van der Waals surface area contributed by atoms with Crippen molar-refractivity contribution in [1.29, 1.82) is 0 Å². The van der Waals surface area contributed by atoms with Crippen molar-refractivity contribution >= 4 is 38.3 Å². The molecule has 0 saturated carbocycles. The summed E-state index contributed by atoms with van der Waals surface area (Å²) < 4.78 is 6.54. The van der Waals surface area contributed by atoms with Crippen molar-refractivity contribution in [2.45, 2.75) is 38.5 Å². The van der Waals surface area contributed by atoms with Crippen LogP contribution in [0.3, 0.4) is 0 Å². The van der Waals surface area contributed by atoms with Gasteiger partial charge < -0.3 is 4.74 Å². The van der Waals surface area contributed by atoms with Gasteiger partial charge in [0.25, 0.3) is 5.91 Å². The van der Waals surface area contributed by atoms with Gasteiger partial charge in [-0.1, -0.05) is 28.1 Å². The molecule has 0 spiro atoms. The van der Waals surface area contributed by atoms with Gasteiger partial charge in [-0.05, 0) is 30.5 Å². The van der Waals surface area contributed by atoms with E-state index in [1.807, 2.05) is 0 Å². The first kappa shape index (κ1) is 17.1. The Balaban J connectivity index is 1.38. The summed E-state index contributed by atoms with van der Waals surface area (Å²) in [5.74, 6) is -0.0599. The Morgan fingerprint density at radius 3 is 3.00 bits per heavy atom. The molecule has 7 heteroatoms. The van der Waals surface area contributed by atoms with Gasteiger partial charge in [-0.2, -0.15) is 0 Å². The first-order chi connectivity index (χ1) is 12.2. The van der Waals surface area contributed by atoms with Crippen LogP contribution in [0.4, 0.5) is 5.13 Å². The van der Waals surface area contributed by atoms with Crippen LogP contribution >= 0.6 is 27.3 Å². The van der Waals surface area contributed by atoms with Gasteiger partial charge in [0.2, 0.25) is 0 Å². The Kier molecular flexibility index (Phi) is 5.17. The average molecular weight is 422 g/mol. The van der Waals surface area contributed by atoms with Gasteiger partial charge in [-0.15, -0.1) is 11.3 Å². The lowest BCUT2D eigenvalue weighted by molar-refractivity contribution is -0.124. The van der Waals surface area contributed by atoms with Crippen LogP contribution < -0.4 is 5.32 Å². The molecule has 1 aromatic carbocycles. The highest BCUT2D eigenvalue weighted by Gasteiger charge is 2.26. The second-order valence-corrected chi connectivity index (χ2v) is 8.47. The third-order valence-corrected chi connectivity index (χ3v) is 6.11. The van der Waals surface area contributed by atoms with Gasteiger partial charge in [0.15, 0.2) is 5.13 Å². The second kappa shape index (κ2) is 7.53. The third-order valence-electron chi connectivity index (χ3n) is 4.58. The van der Waals surface area contributed by atoms with Gasteiger partial charge in [0, 0.05) is 42.0 Å². The molecule has 2 aliphatic heterocycles. The smallest absolute Gasteiger partial charge is 0.255 e. The summed E-state index contributed by atoms with van der Waals surface area (Å²) in [6.07, 6.45) is 2.38. The molecule has 4 rings (SSSR count). The summed E-state index contributed by atoms with van der Waals surface area (Å²) in [6, 6.07) is 8.46. The molecular weight excluding hydrogens is 402 g/mol. The topological polar surface area (TPSA) is 54.5 Å². The van der Waals surface area contributed by atoms with Crippen LogP contribution in [-0.2, 0) is 29.0 Å². The maximum Gasteiger partial charge on any atom is 0.255 e. The number of benzene rings is 1. The fourth-order valence-electron chi connectivity index (χ4n) is 3.26. The molecule has 1 unspecified atom stereocenters. The molecule has 1 fully saturated rings. The Labute approximate surface area is 159 Å². The number of thiazole rings is 1. The average Bonchev–Trinajstić information content (AvgIpc) is 3.26. The number of amides is 1. The van der Waals surface area contributed by atoms with Crippen molar-refractivity contribution < 1.29 is 9.53 Å². The Morgan fingerprint density at radius 2 is 2.24 bits per heavy atom. The van der Waals surface area contributed by atoms with E-state index in [9.17, 15) is 4.79 Å². The van der Waals surface area contributed by atoms with Crippen molar-refractivity contribution in [2.24, 2.45) is 0 Å². The summed E-state index contributed by atoms with van der Waals surface area (Å²) in [5.41, 5.74) is 2.43. The lowest BCUT2D eigenvalue weighted by Crippen LogP contribution is -2.29. The van der Waals surface area contributed by atoms with Gasteiger partial charge in [0.05, 0.1) is 5.69 Å². The lowest BCUT2D eigenvalue weighted by Gasteiger charge is -2.25. The van der Waals surface area contributed by atoms with E-state index >= 15 is 0 Å². The van der Waals surface area contributed by atoms with E-state index in [-0.39, 0.29) is 12.0 Å². The number of nitrogens with one attached hydrogen (secondary N) is 1. The fourth-order valence-corrected chi connectivity index (χ4v) is 4.57. The maximum absolute atomic E-state index is 12.2. The summed E-state index contributed by atoms with van der Waals surface area (Å²) in [6.45, 7) is 3.49. The van der Waals surface area contributed by atoms with E-state index in [1.165, 1.54) is 10.4 Å². The normalized spacial score (nSPS) is 20.4. The van der Waals surface area contributed by atoms with Crippen molar-refractivity contribution in [2.75, 3.05) is 18.5 Å². The number of nitrogens with zero attached hydrogens (tertiary/aromatic N) is 2.